The van der Waals surface area contributed by atoms with Crippen LogP contribution >= 0.6 is 12.2 Å². The lowest BCUT2D eigenvalue weighted by Gasteiger charge is -2.24. The van der Waals surface area contributed by atoms with Crippen molar-refractivity contribution in [3.05, 3.63) is 58.6 Å². The van der Waals surface area contributed by atoms with Crippen molar-refractivity contribution in [3.63, 3.8) is 0 Å². The van der Waals surface area contributed by atoms with Gasteiger partial charge in [-0.15, -0.1) is 0 Å². The Bertz CT molecular complexity index is 1200. The number of fused-ring (bicyclic) bond motifs is 1. The molecule has 3 heterocycles. The van der Waals surface area contributed by atoms with Gasteiger partial charge in [0.15, 0.2) is 22.1 Å². The quantitative estimate of drug-likeness (QED) is 0.520. The first-order valence-electron chi connectivity index (χ1n) is 10.8. The molecule has 1 aliphatic carbocycles. The number of hydrogen-bond donors (Lipinski definition) is 0. The van der Waals surface area contributed by atoms with Crippen LogP contribution in [0.2, 0.25) is 0 Å². The molecule has 3 aromatic rings. The second-order valence-corrected chi connectivity index (χ2v) is 8.78. The molecule has 0 bridgehead atoms. The van der Waals surface area contributed by atoms with E-state index in [-0.39, 0.29) is 18.7 Å². The van der Waals surface area contributed by atoms with E-state index in [9.17, 15) is 4.39 Å². The largest absolute Gasteiger partial charge is 0.454 e. The van der Waals surface area contributed by atoms with Gasteiger partial charge < -0.3 is 9.47 Å². The first-order chi connectivity index (χ1) is 15.2. The zero-order valence-electron chi connectivity index (χ0n) is 17.0. The smallest absolute Gasteiger partial charge is 0.231 e. The van der Waals surface area contributed by atoms with E-state index in [1.165, 1.54) is 11.6 Å². The van der Waals surface area contributed by atoms with Gasteiger partial charge in [-0.25, -0.2) is 9.07 Å². The highest BCUT2D eigenvalue weighted by molar-refractivity contribution is 7.71. The molecule has 2 aromatic carbocycles. The Balaban J connectivity index is 1.33. The Morgan fingerprint density at radius 3 is 2.74 bits per heavy atom. The van der Waals surface area contributed by atoms with Crippen LogP contribution in [-0.2, 0) is 6.67 Å². The maximum Gasteiger partial charge on any atom is 0.231 e. The van der Waals surface area contributed by atoms with Crippen molar-refractivity contribution >= 4 is 12.2 Å². The predicted molar refractivity (Wildman–Crippen MR) is 116 cm³/mol. The molecule has 1 saturated carbocycles. The van der Waals surface area contributed by atoms with Gasteiger partial charge in [0, 0.05) is 18.6 Å². The molecule has 6 rings (SSSR count). The van der Waals surface area contributed by atoms with Crippen LogP contribution in [0.4, 0.5) is 4.39 Å². The van der Waals surface area contributed by atoms with Crippen molar-refractivity contribution in [3.8, 4) is 22.9 Å². The Morgan fingerprint density at radius 2 is 1.90 bits per heavy atom. The summed E-state index contributed by atoms with van der Waals surface area (Å²) < 4.78 is 30.1. The first-order valence-corrected chi connectivity index (χ1v) is 11.2. The fourth-order valence-electron chi connectivity index (χ4n) is 4.67. The van der Waals surface area contributed by atoms with Crippen LogP contribution in [0.15, 0.2) is 42.5 Å². The molecule has 1 atom stereocenters. The molecule has 1 unspecified atom stereocenters. The number of benzene rings is 2. The van der Waals surface area contributed by atoms with Gasteiger partial charge in [-0.1, -0.05) is 18.2 Å². The summed E-state index contributed by atoms with van der Waals surface area (Å²) in [6.45, 7) is 1.82. The average molecular weight is 439 g/mol. The van der Waals surface area contributed by atoms with Crippen molar-refractivity contribution in [2.75, 3.05) is 13.3 Å². The van der Waals surface area contributed by atoms with Crippen LogP contribution in [0, 0.1) is 10.6 Å². The fourth-order valence-corrected chi connectivity index (χ4v) is 5.00. The van der Waals surface area contributed by atoms with Gasteiger partial charge in [0.25, 0.3) is 0 Å². The van der Waals surface area contributed by atoms with E-state index in [4.69, 9.17) is 26.8 Å². The third-order valence-corrected chi connectivity index (χ3v) is 6.77. The molecule has 31 heavy (non-hydrogen) atoms. The second-order valence-electron chi connectivity index (χ2n) is 8.41. The van der Waals surface area contributed by atoms with E-state index < -0.39 is 0 Å². The van der Waals surface area contributed by atoms with E-state index in [2.05, 4.69) is 17.0 Å². The maximum absolute atomic E-state index is 14.5. The van der Waals surface area contributed by atoms with Crippen LogP contribution in [0.5, 0.6) is 11.5 Å². The van der Waals surface area contributed by atoms with Crippen LogP contribution in [0.1, 0.15) is 43.3 Å². The number of rotatable bonds is 5. The number of aromatic nitrogens is 3. The highest BCUT2D eigenvalue weighted by Gasteiger charge is 2.32. The lowest BCUT2D eigenvalue weighted by molar-refractivity contribution is 0.173. The first kappa shape index (κ1) is 19.0. The van der Waals surface area contributed by atoms with Crippen LogP contribution in [0.3, 0.4) is 0 Å². The monoisotopic (exact) mass is 438 g/mol. The topological polar surface area (TPSA) is 44.5 Å². The van der Waals surface area contributed by atoms with Crippen LogP contribution in [0.25, 0.3) is 11.4 Å². The Hall–Kier alpha value is -2.71. The fraction of sp³-hybridized carbons (Fsp3) is 0.391. The second kappa shape index (κ2) is 7.46. The van der Waals surface area contributed by atoms with Crippen molar-refractivity contribution in [2.24, 2.45) is 0 Å². The molecule has 1 aromatic heterocycles. The number of nitrogens with zero attached hydrogens (tertiary/aromatic N) is 4. The summed E-state index contributed by atoms with van der Waals surface area (Å²) in [6.07, 6.45) is 4.29. The standard InChI is InChI=1S/C23H23FN4O2S/c24-18-5-2-1-4-17(18)22-25-27(23(31)28(22)16-8-9-16)13-26-11-3-6-19(26)15-7-10-20-21(12-15)30-14-29-20/h1-2,4-5,7,10,12,16,19H,3,6,8-9,11,13-14H2. The van der Waals surface area contributed by atoms with Gasteiger partial charge in [0.1, 0.15) is 5.82 Å². The van der Waals surface area contributed by atoms with Crippen molar-refractivity contribution in [1.29, 1.82) is 0 Å². The molecule has 0 N–H and O–H groups in total. The van der Waals surface area contributed by atoms with E-state index in [0.717, 1.165) is 43.7 Å². The number of halogens is 1. The number of likely N-dealkylation sites (tertiary alicyclic amines) is 1. The molecule has 3 aliphatic rings. The predicted octanol–water partition coefficient (Wildman–Crippen LogP) is 5.08. The molecule has 160 valence electrons. The zero-order valence-corrected chi connectivity index (χ0v) is 17.9. The van der Waals surface area contributed by atoms with Gasteiger partial charge >= 0.3 is 0 Å². The van der Waals surface area contributed by atoms with E-state index in [1.54, 1.807) is 12.1 Å². The Kier molecular flexibility index (Phi) is 4.57. The van der Waals surface area contributed by atoms with Crippen LogP contribution < -0.4 is 9.47 Å². The van der Waals surface area contributed by atoms with Crippen LogP contribution in [-0.4, -0.2) is 32.6 Å². The highest BCUT2D eigenvalue weighted by atomic mass is 32.1. The molecule has 1 saturated heterocycles. The molecule has 2 fully saturated rings. The van der Waals surface area contributed by atoms with Crippen molar-refractivity contribution in [2.45, 2.75) is 44.4 Å². The SMILES string of the molecule is Fc1ccccc1-c1nn(CN2CCCC2c2ccc3c(c2)OCO3)c(=S)n1C1CC1. The summed E-state index contributed by atoms with van der Waals surface area (Å²) in [5, 5.41) is 4.80. The Morgan fingerprint density at radius 1 is 1.06 bits per heavy atom. The van der Waals surface area contributed by atoms with E-state index in [0.29, 0.717) is 28.9 Å². The summed E-state index contributed by atoms with van der Waals surface area (Å²) in [7, 11) is 0. The van der Waals surface area contributed by atoms with Gasteiger partial charge in [-0.05, 0) is 67.7 Å². The molecule has 6 nitrogen and oxygen atoms in total. The maximum atomic E-state index is 14.5. The number of hydrogen-bond acceptors (Lipinski definition) is 5. The molecule has 0 spiro atoms. The number of ether oxygens (including phenoxy) is 2. The minimum atomic E-state index is -0.268. The van der Waals surface area contributed by atoms with Crippen molar-refractivity contribution in [1.82, 2.24) is 19.2 Å². The van der Waals surface area contributed by atoms with Crippen molar-refractivity contribution < 1.29 is 13.9 Å². The van der Waals surface area contributed by atoms with Gasteiger partial charge in [0.2, 0.25) is 6.79 Å². The lowest BCUT2D eigenvalue weighted by Crippen LogP contribution is -2.27. The lowest BCUT2D eigenvalue weighted by atomic mass is 10.0. The van der Waals surface area contributed by atoms with E-state index in [1.807, 2.05) is 21.4 Å². The van der Waals surface area contributed by atoms with Gasteiger partial charge in [-0.2, -0.15) is 5.10 Å². The van der Waals surface area contributed by atoms with Gasteiger partial charge in [-0.3, -0.25) is 9.47 Å². The van der Waals surface area contributed by atoms with Gasteiger partial charge in [0.05, 0.1) is 12.2 Å². The average Bonchev–Trinajstić information content (AvgIpc) is 3.19. The molecule has 8 heteroatoms. The molecule has 0 radical (unpaired) electrons. The summed E-state index contributed by atoms with van der Waals surface area (Å²) in [5.41, 5.74) is 1.72. The third-order valence-electron chi connectivity index (χ3n) is 6.36. The summed E-state index contributed by atoms with van der Waals surface area (Å²) in [6, 6.07) is 13.6. The normalized spacial score (nSPS) is 20.5. The Labute approximate surface area is 184 Å². The highest BCUT2D eigenvalue weighted by Crippen LogP contribution is 2.41. The molecule has 2 aliphatic heterocycles. The zero-order chi connectivity index (χ0) is 20.9. The molecule has 0 amide bonds. The summed E-state index contributed by atoms with van der Waals surface area (Å²) >= 11 is 5.80. The summed E-state index contributed by atoms with van der Waals surface area (Å²) in [4.78, 5) is 2.39. The molecular weight excluding hydrogens is 415 g/mol. The minimum Gasteiger partial charge on any atom is -0.454 e. The molecular formula is C23H23FN4O2S. The van der Waals surface area contributed by atoms with E-state index >= 15 is 0 Å². The minimum absolute atomic E-state index is 0.263. The third kappa shape index (κ3) is 3.34. The summed E-state index contributed by atoms with van der Waals surface area (Å²) in [5.74, 6) is 1.97.